The fourth-order valence-electron chi connectivity index (χ4n) is 1.19. The topological polar surface area (TPSA) is 46.5 Å². The van der Waals surface area contributed by atoms with Gasteiger partial charge in [0.25, 0.3) is 0 Å². The number of halogens is 4. The third kappa shape index (κ3) is 5.05. The Morgan fingerprint density at radius 3 is 2.61 bits per heavy atom. The fraction of sp³-hybridized carbons (Fsp3) is 0.364. The lowest BCUT2D eigenvalue weighted by atomic mass is 10.1. The maximum absolute atomic E-state index is 11.9. The average molecular weight is 327 g/mol. The second kappa shape index (κ2) is 6.19. The van der Waals surface area contributed by atoms with Gasteiger partial charge in [0.2, 0.25) is 0 Å². The van der Waals surface area contributed by atoms with Crippen molar-refractivity contribution in [1.82, 2.24) is 0 Å². The predicted molar refractivity (Wildman–Crippen MR) is 61.4 cm³/mol. The van der Waals surface area contributed by atoms with E-state index in [4.69, 9.17) is 9.84 Å². The first-order valence-electron chi connectivity index (χ1n) is 4.96. The standard InChI is InChI=1S/C11H10BrF3O3/c12-9-2-1-7(10(16)17)5-8(9)6-18-4-3-11(13,14)15/h1-2,5H,3-4,6H2,(H,16,17). The van der Waals surface area contributed by atoms with Crippen LogP contribution in [0.4, 0.5) is 13.2 Å². The summed E-state index contributed by atoms with van der Waals surface area (Å²) in [6.45, 7) is -0.523. The molecule has 1 aromatic carbocycles. The quantitative estimate of drug-likeness (QED) is 0.841. The first-order valence-corrected chi connectivity index (χ1v) is 5.75. The van der Waals surface area contributed by atoms with Gasteiger partial charge in [-0.05, 0) is 23.8 Å². The van der Waals surface area contributed by atoms with E-state index in [1.807, 2.05) is 0 Å². The molecular formula is C11H10BrF3O3. The number of carbonyl (C=O) groups is 1. The van der Waals surface area contributed by atoms with Crippen LogP contribution in [0.3, 0.4) is 0 Å². The van der Waals surface area contributed by atoms with Gasteiger partial charge in [0.15, 0.2) is 0 Å². The van der Waals surface area contributed by atoms with E-state index in [-0.39, 0.29) is 12.2 Å². The second-order valence-corrected chi connectivity index (χ2v) is 4.38. The number of aromatic carboxylic acids is 1. The summed E-state index contributed by atoms with van der Waals surface area (Å²) < 4.78 is 41.1. The van der Waals surface area contributed by atoms with Crippen molar-refractivity contribution in [2.24, 2.45) is 0 Å². The van der Waals surface area contributed by atoms with Crippen LogP contribution in [-0.4, -0.2) is 23.9 Å². The van der Waals surface area contributed by atoms with Gasteiger partial charge in [-0.2, -0.15) is 13.2 Å². The summed E-state index contributed by atoms with van der Waals surface area (Å²) in [7, 11) is 0. The van der Waals surface area contributed by atoms with E-state index in [2.05, 4.69) is 15.9 Å². The number of ether oxygens (including phenoxy) is 1. The lowest BCUT2D eigenvalue weighted by Crippen LogP contribution is -2.11. The second-order valence-electron chi connectivity index (χ2n) is 3.53. The Labute approximate surface area is 110 Å². The van der Waals surface area contributed by atoms with Gasteiger partial charge in [-0.1, -0.05) is 15.9 Å². The van der Waals surface area contributed by atoms with E-state index in [0.717, 1.165) is 0 Å². The molecule has 0 aromatic heterocycles. The normalized spacial score (nSPS) is 11.6. The van der Waals surface area contributed by atoms with Gasteiger partial charge in [-0.3, -0.25) is 0 Å². The summed E-state index contributed by atoms with van der Waals surface area (Å²) in [4.78, 5) is 10.7. The number of hydrogen-bond donors (Lipinski definition) is 1. The van der Waals surface area contributed by atoms with Crippen molar-refractivity contribution >= 4 is 21.9 Å². The number of carboxylic acids is 1. The molecule has 0 bridgehead atoms. The highest BCUT2D eigenvalue weighted by atomic mass is 79.9. The molecule has 0 radical (unpaired) electrons. The molecule has 0 saturated heterocycles. The number of hydrogen-bond acceptors (Lipinski definition) is 2. The summed E-state index contributed by atoms with van der Waals surface area (Å²) in [5, 5.41) is 8.77. The molecule has 0 atom stereocenters. The SMILES string of the molecule is O=C(O)c1ccc(Br)c(COCCC(F)(F)F)c1. The van der Waals surface area contributed by atoms with Gasteiger partial charge in [0, 0.05) is 4.47 Å². The highest BCUT2D eigenvalue weighted by Gasteiger charge is 2.26. The summed E-state index contributed by atoms with van der Waals surface area (Å²) >= 11 is 3.18. The number of carboxylic acid groups (broad SMARTS) is 1. The molecule has 7 heteroatoms. The summed E-state index contributed by atoms with van der Waals surface area (Å²) in [6.07, 6.45) is -5.27. The van der Waals surface area contributed by atoms with Crippen LogP contribution in [-0.2, 0) is 11.3 Å². The molecule has 0 spiro atoms. The molecule has 0 aliphatic rings. The van der Waals surface area contributed by atoms with E-state index >= 15 is 0 Å². The molecule has 0 saturated carbocycles. The average Bonchev–Trinajstić information content (AvgIpc) is 2.24. The van der Waals surface area contributed by atoms with Crippen LogP contribution in [0.15, 0.2) is 22.7 Å². The zero-order valence-electron chi connectivity index (χ0n) is 9.13. The predicted octanol–water partition coefficient (Wildman–Crippen LogP) is 3.62. The zero-order chi connectivity index (χ0) is 13.8. The largest absolute Gasteiger partial charge is 0.478 e. The van der Waals surface area contributed by atoms with Crippen LogP contribution in [0.5, 0.6) is 0 Å². The van der Waals surface area contributed by atoms with E-state index in [9.17, 15) is 18.0 Å². The van der Waals surface area contributed by atoms with Crippen LogP contribution in [0.25, 0.3) is 0 Å². The molecular weight excluding hydrogens is 317 g/mol. The monoisotopic (exact) mass is 326 g/mol. The first kappa shape index (κ1) is 15.0. The molecule has 0 heterocycles. The number of rotatable bonds is 5. The molecule has 0 fully saturated rings. The Kier molecular flexibility index (Phi) is 5.15. The van der Waals surface area contributed by atoms with Gasteiger partial charge in [0.1, 0.15) is 0 Å². The highest BCUT2D eigenvalue weighted by molar-refractivity contribution is 9.10. The minimum Gasteiger partial charge on any atom is -0.478 e. The molecule has 1 aromatic rings. The lowest BCUT2D eigenvalue weighted by molar-refractivity contribution is -0.146. The molecule has 0 amide bonds. The smallest absolute Gasteiger partial charge is 0.391 e. The van der Waals surface area contributed by atoms with Crippen molar-refractivity contribution in [3.05, 3.63) is 33.8 Å². The van der Waals surface area contributed by atoms with Crippen LogP contribution >= 0.6 is 15.9 Å². The van der Waals surface area contributed by atoms with Crippen LogP contribution in [0.1, 0.15) is 22.3 Å². The van der Waals surface area contributed by atoms with Gasteiger partial charge in [0.05, 0.1) is 25.2 Å². The van der Waals surface area contributed by atoms with Crippen molar-refractivity contribution in [2.75, 3.05) is 6.61 Å². The maximum atomic E-state index is 11.9. The van der Waals surface area contributed by atoms with E-state index in [1.54, 1.807) is 0 Å². The third-order valence-electron chi connectivity index (χ3n) is 2.08. The number of benzene rings is 1. The molecule has 1 rings (SSSR count). The van der Waals surface area contributed by atoms with E-state index in [0.29, 0.717) is 10.0 Å². The van der Waals surface area contributed by atoms with Crippen molar-refractivity contribution in [1.29, 1.82) is 0 Å². The van der Waals surface area contributed by atoms with Gasteiger partial charge < -0.3 is 9.84 Å². The molecule has 0 unspecified atom stereocenters. The maximum Gasteiger partial charge on any atom is 0.391 e. The third-order valence-corrected chi connectivity index (χ3v) is 2.85. The van der Waals surface area contributed by atoms with Crippen LogP contribution in [0, 0.1) is 0 Å². The van der Waals surface area contributed by atoms with Gasteiger partial charge >= 0.3 is 12.1 Å². The Bertz CT molecular complexity index is 432. The molecule has 0 aliphatic carbocycles. The van der Waals surface area contributed by atoms with Gasteiger partial charge in [-0.15, -0.1) is 0 Å². The Morgan fingerprint density at radius 1 is 1.39 bits per heavy atom. The molecule has 1 N–H and O–H groups in total. The summed E-state index contributed by atoms with van der Waals surface area (Å²) in [5.41, 5.74) is 0.560. The summed E-state index contributed by atoms with van der Waals surface area (Å²) in [5.74, 6) is -1.10. The van der Waals surface area contributed by atoms with Gasteiger partial charge in [-0.25, -0.2) is 4.79 Å². The Morgan fingerprint density at radius 2 is 2.06 bits per heavy atom. The van der Waals surface area contributed by atoms with Crippen molar-refractivity contribution in [3.63, 3.8) is 0 Å². The van der Waals surface area contributed by atoms with E-state index in [1.165, 1.54) is 18.2 Å². The summed E-state index contributed by atoms with van der Waals surface area (Å²) in [6, 6.07) is 4.28. The van der Waals surface area contributed by atoms with Crippen molar-refractivity contribution < 1.29 is 27.8 Å². The Balaban J connectivity index is 2.56. The molecule has 0 aliphatic heterocycles. The molecule has 18 heavy (non-hydrogen) atoms. The van der Waals surface area contributed by atoms with Crippen molar-refractivity contribution in [2.45, 2.75) is 19.2 Å². The van der Waals surface area contributed by atoms with E-state index < -0.39 is 25.2 Å². The highest BCUT2D eigenvalue weighted by Crippen LogP contribution is 2.22. The zero-order valence-corrected chi connectivity index (χ0v) is 10.7. The minimum atomic E-state index is -4.25. The lowest BCUT2D eigenvalue weighted by Gasteiger charge is -2.09. The van der Waals surface area contributed by atoms with Crippen LogP contribution < -0.4 is 0 Å². The number of alkyl halides is 3. The molecule has 3 nitrogen and oxygen atoms in total. The first-order chi connectivity index (χ1) is 8.29. The van der Waals surface area contributed by atoms with Crippen molar-refractivity contribution in [3.8, 4) is 0 Å². The fourth-order valence-corrected chi connectivity index (χ4v) is 1.55. The Hall–Kier alpha value is -1.08. The minimum absolute atomic E-state index is 0.0626. The molecule has 100 valence electrons. The van der Waals surface area contributed by atoms with Crippen LogP contribution in [0.2, 0.25) is 0 Å².